The lowest BCUT2D eigenvalue weighted by Crippen LogP contribution is -2.38. The Morgan fingerprint density at radius 3 is 2.81 bits per heavy atom. The molecule has 1 aliphatic rings. The molecule has 21 heavy (non-hydrogen) atoms. The summed E-state index contributed by atoms with van der Waals surface area (Å²) in [6.45, 7) is 6.91. The lowest BCUT2D eigenvalue weighted by atomic mass is 9.92. The van der Waals surface area contributed by atoms with E-state index < -0.39 is 0 Å². The standard InChI is InChI=1S/C17H23N3O/c1-13(2)19-8-5-14(6-9-19)10-17-18-11-16-15(12-21)4-3-7-20(16)17/h3-4,7,11-14H,5-6,8-10H2,1-2H3. The minimum absolute atomic E-state index is 0.647. The third-order valence-corrected chi connectivity index (χ3v) is 4.66. The van der Waals surface area contributed by atoms with Gasteiger partial charge in [-0.05, 0) is 57.8 Å². The number of aromatic nitrogens is 2. The summed E-state index contributed by atoms with van der Waals surface area (Å²) in [4.78, 5) is 18.2. The maximum absolute atomic E-state index is 11.1. The van der Waals surface area contributed by atoms with Crippen LogP contribution in [0, 0.1) is 5.92 Å². The summed E-state index contributed by atoms with van der Waals surface area (Å²) in [6.07, 6.45) is 8.21. The van der Waals surface area contributed by atoms with Crippen LogP contribution in [0.3, 0.4) is 0 Å². The van der Waals surface area contributed by atoms with Crippen molar-refractivity contribution in [1.29, 1.82) is 0 Å². The highest BCUT2D eigenvalue weighted by atomic mass is 16.1. The summed E-state index contributed by atoms with van der Waals surface area (Å²) in [7, 11) is 0. The number of carbonyl (C=O) groups is 1. The van der Waals surface area contributed by atoms with E-state index in [2.05, 4.69) is 28.1 Å². The maximum Gasteiger partial charge on any atom is 0.152 e. The second-order valence-electron chi connectivity index (χ2n) is 6.29. The van der Waals surface area contributed by atoms with Crippen LogP contribution < -0.4 is 0 Å². The Bertz CT molecular complexity index is 624. The quantitative estimate of drug-likeness (QED) is 0.811. The number of aldehydes is 1. The largest absolute Gasteiger partial charge is 0.303 e. The predicted molar refractivity (Wildman–Crippen MR) is 83.7 cm³/mol. The number of carbonyl (C=O) groups excluding carboxylic acids is 1. The van der Waals surface area contributed by atoms with Crippen molar-refractivity contribution in [2.24, 2.45) is 5.92 Å². The van der Waals surface area contributed by atoms with E-state index in [1.54, 1.807) is 0 Å². The molecule has 0 saturated carbocycles. The molecule has 2 aromatic heterocycles. The summed E-state index contributed by atoms with van der Waals surface area (Å²) in [5.74, 6) is 1.78. The van der Waals surface area contributed by atoms with Crippen molar-refractivity contribution in [2.75, 3.05) is 13.1 Å². The predicted octanol–water partition coefficient (Wildman–Crippen LogP) is 2.81. The Balaban J connectivity index is 1.73. The zero-order valence-electron chi connectivity index (χ0n) is 12.8. The van der Waals surface area contributed by atoms with Crippen molar-refractivity contribution in [2.45, 2.75) is 39.2 Å². The van der Waals surface area contributed by atoms with E-state index in [0.29, 0.717) is 17.5 Å². The molecule has 112 valence electrons. The average Bonchev–Trinajstić information content (AvgIpc) is 2.91. The molecule has 0 unspecified atom stereocenters. The van der Waals surface area contributed by atoms with Gasteiger partial charge in [0.25, 0.3) is 0 Å². The normalized spacial score (nSPS) is 17.7. The van der Waals surface area contributed by atoms with E-state index in [1.807, 2.05) is 24.5 Å². The van der Waals surface area contributed by atoms with Crippen LogP contribution in [0.25, 0.3) is 5.52 Å². The highest BCUT2D eigenvalue weighted by molar-refractivity contribution is 5.85. The fourth-order valence-electron chi connectivity index (χ4n) is 3.28. The Morgan fingerprint density at radius 2 is 2.14 bits per heavy atom. The average molecular weight is 285 g/mol. The Hall–Kier alpha value is -1.68. The number of nitrogens with zero attached hydrogens (tertiary/aromatic N) is 3. The minimum Gasteiger partial charge on any atom is -0.303 e. The van der Waals surface area contributed by atoms with Gasteiger partial charge in [-0.1, -0.05) is 0 Å². The molecule has 4 nitrogen and oxygen atoms in total. The molecule has 1 saturated heterocycles. The van der Waals surface area contributed by atoms with Gasteiger partial charge < -0.3 is 9.30 Å². The van der Waals surface area contributed by atoms with E-state index in [0.717, 1.165) is 24.0 Å². The third-order valence-electron chi connectivity index (χ3n) is 4.66. The van der Waals surface area contributed by atoms with Gasteiger partial charge in [-0.2, -0.15) is 0 Å². The van der Waals surface area contributed by atoms with Crippen LogP contribution in [0.15, 0.2) is 24.5 Å². The van der Waals surface area contributed by atoms with E-state index in [-0.39, 0.29) is 0 Å². The monoisotopic (exact) mass is 285 g/mol. The lowest BCUT2D eigenvalue weighted by Gasteiger charge is -2.34. The van der Waals surface area contributed by atoms with Crippen LogP contribution >= 0.6 is 0 Å². The van der Waals surface area contributed by atoms with Gasteiger partial charge in [0, 0.05) is 24.2 Å². The molecule has 3 heterocycles. The fourth-order valence-corrected chi connectivity index (χ4v) is 3.28. The number of hydrogen-bond donors (Lipinski definition) is 0. The van der Waals surface area contributed by atoms with E-state index >= 15 is 0 Å². The number of fused-ring (bicyclic) bond motifs is 1. The van der Waals surface area contributed by atoms with Gasteiger partial charge >= 0.3 is 0 Å². The second kappa shape index (κ2) is 5.98. The molecule has 0 aromatic carbocycles. The Kier molecular flexibility index (Phi) is 4.06. The third kappa shape index (κ3) is 2.86. The van der Waals surface area contributed by atoms with Crippen LogP contribution in [-0.2, 0) is 6.42 Å². The van der Waals surface area contributed by atoms with Crippen LogP contribution in [0.5, 0.6) is 0 Å². The first-order valence-electron chi connectivity index (χ1n) is 7.83. The van der Waals surface area contributed by atoms with Gasteiger partial charge in [0.2, 0.25) is 0 Å². The van der Waals surface area contributed by atoms with Crippen molar-refractivity contribution in [3.63, 3.8) is 0 Å². The SMILES string of the molecule is CC(C)N1CCC(Cc2ncc3c(C=O)cccn23)CC1. The van der Waals surface area contributed by atoms with Crippen LogP contribution in [0.4, 0.5) is 0 Å². The molecule has 0 amide bonds. The summed E-state index contributed by atoms with van der Waals surface area (Å²) < 4.78 is 2.07. The van der Waals surface area contributed by atoms with Crippen molar-refractivity contribution in [1.82, 2.24) is 14.3 Å². The second-order valence-corrected chi connectivity index (χ2v) is 6.29. The molecular weight excluding hydrogens is 262 g/mol. The van der Waals surface area contributed by atoms with Crippen LogP contribution in [0.1, 0.15) is 42.9 Å². The molecule has 4 heteroatoms. The van der Waals surface area contributed by atoms with Gasteiger partial charge in [-0.3, -0.25) is 4.79 Å². The molecule has 0 atom stereocenters. The van der Waals surface area contributed by atoms with Crippen LogP contribution in [-0.4, -0.2) is 39.7 Å². The highest BCUT2D eigenvalue weighted by Gasteiger charge is 2.22. The van der Waals surface area contributed by atoms with Gasteiger partial charge in [-0.15, -0.1) is 0 Å². The minimum atomic E-state index is 0.647. The molecule has 3 rings (SSSR count). The number of rotatable bonds is 4. The smallest absolute Gasteiger partial charge is 0.152 e. The number of pyridine rings is 1. The topological polar surface area (TPSA) is 37.6 Å². The molecule has 0 spiro atoms. The first-order valence-corrected chi connectivity index (χ1v) is 7.83. The molecule has 2 aromatic rings. The molecule has 0 radical (unpaired) electrons. The summed E-state index contributed by atoms with van der Waals surface area (Å²) in [5, 5.41) is 0. The van der Waals surface area contributed by atoms with Gasteiger partial charge in [-0.25, -0.2) is 4.98 Å². The summed E-state index contributed by atoms with van der Waals surface area (Å²) in [6, 6.07) is 4.41. The van der Waals surface area contributed by atoms with Gasteiger partial charge in [0.15, 0.2) is 6.29 Å². The van der Waals surface area contributed by atoms with E-state index in [1.165, 1.54) is 25.9 Å². The number of imidazole rings is 1. The van der Waals surface area contributed by atoms with Crippen LogP contribution in [0.2, 0.25) is 0 Å². The molecular formula is C17H23N3O. The molecule has 0 N–H and O–H groups in total. The maximum atomic E-state index is 11.1. The van der Waals surface area contributed by atoms with Crippen molar-refractivity contribution in [3.05, 3.63) is 35.9 Å². The summed E-state index contributed by atoms with van der Waals surface area (Å²) in [5.41, 5.74) is 1.63. The van der Waals surface area contributed by atoms with E-state index in [9.17, 15) is 4.79 Å². The fraction of sp³-hybridized carbons (Fsp3) is 0.529. The Morgan fingerprint density at radius 1 is 1.38 bits per heavy atom. The van der Waals surface area contributed by atoms with Gasteiger partial charge in [0.05, 0.1) is 11.7 Å². The number of likely N-dealkylation sites (tertiary alicyclic amines) is 1. The zero-order valence-corrected chi connectivity index (χ0v) is 12.8. The summed E-state index contributed by atoms with van der Waals surface area (Å²) >= 11 is 0. The first-order chi connectivity index (χ1) is 10.2. The Labute approximate surface area is 125 Å². The molecule has 0 aliphatic carbocycles. The van der Waals surface area contributed by atoms with Gasteiger partial charge in [0.1, 0.15) is 5.82 Å². The molecule has 1 fully saturated rings. The van der Waals surface area contributed by atoms with E-state index in [4.69, 9.17) is 0 Å². The first kappa shape index (κ1) is 14.3. The highest BCUT2D eigenvalue weighted by Crippen LogP contribution is 2.23. The molecule has 0 bridgehead atoms. The molecule has 1 aliphatic heterocycles. The van der Waals surface area contributed by atoms with Crippen molar-refractivity contribution >= 4 is 11.8 Å². The number of hydrogen-bond acceptors (Lipinski definition) is 3. The number of piperidine rings is 1. The zero-order chi connectivity index (χ0) is 14.8. The van der Waals surface area contributed by atoms with Crippen molar-refractivity contribution < 1.29 is 4.79 Å². The lowest BCUT2D eigenvalue weighted by molar-refractivity contribution is 0.112. The van der Waals surface area contributed by atoms with Crippen molar-refractivity contribution in [3.8, 4) is 0 Å².